The number of nitrogens with zero attached hydrogens (tertiary/aromatic N) is 1. The zero-order valence-electron chi connectivity index (χ0n) is 10.2. The smallest absolute Gasteiger partial charge is 0.325 e. The van der Waals surface area contributed by atoms with Gasteiger partial charge >= 0.3 is 5.97 Å². The number of halogens is 1. The van der Waals surface area contributed by atoms with Gasteiger partial charge in [0.1, 0.15) is 6.54 Å². The van der Waals surface area contributed by atoms with E-state index in [1.165, 1.54) is 18.1 Å². The summed E-state index contributed by atoms with van der Waals surface area (Å²) < 4.78 is 5.43. The highest BCUT2D eigenvalue weighted by molar-refractivity contribution is 9.10. The molecule has 5 heteroatoms. The zero-order chi connectivity index (χ0) is 13.5. The van der Waals surface area contributed by atoms with E-state index in [0.29, 0.717) is 0 Å². The average Bonchev–Trinajstić information content (AvgIpc) is 2.35. The molecular weight excluding hydrogens is 298 g/mol. The van der Waals surface area contributed by atoms with Gasteiger partial charge in [-0.2, -0.15) is 0 Å². The Morgan fingerprint density at radius 3 is 2.78 bits per heavy atom. The number of ether oxygens (including phenoxy) is 1. The van der Waals surface area contributed by atoms with Gasteiger partial charge < -0.3 is 9.64 Å². The molecule has 0 aliphatic carbocycles. The standard InChI is InChI=1S/C13H14BrNO3/c1-15(9-13(17)18-2)12(16)7-6-10-4-3-5-11(14)8-10/h3-8H,9H2,1-2H3/b7-6+. The van der Waals surface area contributed by atoms with E-state index < -0.39 is 5.97 Å². The topological polar surface area (TPSA) is 46.6 Å². The maximum Gasteiger partial charge on any atom is 0.325 e. The van der Waals surface area contributed by atoms with Crippen LogP contribution in [0.5, 0.6) is 0 Å². The van der Waals surface area contributed by atoms with Crippen molar-refractivity contribution in [1.82, 2.24) is 4.90 Å². The Balaban J connectivity index is 2.61. The molecule has 1 amide bonds. The number of benzene rings is 1. The van der Waals surface area contributed by atoms with E-state index >= 15 is 0 Å². The second kappa shape index (κ2) is 6.96. The lowest BCUT2D eigenvalue weighted by atomic mass is 10.2. The zero-order valence-corrected chi connectivity index (χ0v) is 11.8. The highest BCUT2D eigenvalue weighted by Crippen LogP contribution is 2.12. The fraction of sp³-hybridized carbons (Fsp3) is 0.231. The van der Waals surface area contributed by atoms with E-state index in [1.54, 1.807) is 13.1 Å². The van der Waals surface area contributed by atoms with E-state index in [9.17, 15) is 9.59 Å². The molecular formula is C13H14BrNO3. The minimum absolute atomic E-state index is 0.0574. The summed E-state index contributed by atoms with van der Waals surface area (Å²) in [6.45, 7) is -0.0574. The third-order valence-electron chi connectivity index (χ3n) is 2.24. The molecule has 0 atom stereocenters. The van der Waals surface area contributed by atoms with Gasteiger partial charge in [-0.3, -0.25) is 9.59 Å². The van der Waals surface area contributed by atoms with Gasteiger partial charge in [0.25, 0.3) is 0 Å². The number of rotatable bonds is 4. The van der Waals surface area contributed by atoms with Gasteiger partial charge in [-0.15, -0.1) is 0 Å². The summed E-state index contributed by atoms with van der Waals surface area (Å²) in [5.74, 6) is -0.693. The molecule has 0 aromatic heterocycles. The number of esters is 1. The molecule has 1 rings (SSSR count). The van der Waals surface area contributed by atoms with Crippen LogP contribution in [0.4, 0.5) is 0 Å². The predicted molar refractivity (Wildman–Crippen MR) is 72.8 cm³/mol. The molecule has 0 saturated carbocycles. The summed E-state index contributed by atoms with van der Waals surface area (Å²) in [5, 5.41) is 0. The molecule has 0 heterocycles. The molecule has 0 bridgehead atoms. The SMILES string of the molecule is COC(=O)CN(C)C(=O)/C=C/c1cccc(Br)c1. The van der Waals surface area contributed by atoms with Crippen molar-refractivity contribution in [2.45, 2.75) is 0 Å². The summed E-state index contributed by atoms with van der Waals surface area (Å²) in [5.41, 5.74) is 0.907. The summed E-state index contributed by atoms with van der Waals surface area (Å²) in [7, 11) is 2.84. The van der Waals surface area contributed by atoms with E-state index in [4.69, 9.17) is 0 Å². The Kier molecular flexibility index (Phi) is 5.58. The van der Waals surface area contributed by atoms with Crippen molar-refractivity contribution in [3.05, 3.63) is 40.4 Å². The lowest BCUT2D eigenvalue weighted by molar-refractivity contribution is -0.144. The number of hydrogen-bond donors (Lipinski definition) is 0. The number of carbonyl (C=O) groups is 2. The molecule has 0 spiro atoms. The van der Waals surface area contributed by atoms with Crippen molar-refractivity contribution in [3.63, 3.8) is 0 Å². The number of hydrogen-bond acceptors (Lipinski definition) is 3. The second-order valence-corrected chi connectivity index (χ2v) is 4.57. The summed E-state index contributed by atoms with van der Waals surface area (Å²) in [6, 6.07) is 7.56. The Labute approximate surface area is 114 Å². The molecule has 18 heavy (non-hydrogen) atoms. The molecule has 0 radical (unpaired) electrons. The summed E-state index contributed by atoms with van der Waals surface area (Å²) in [6.07, 6.45) is 3.12. The third kappa shape index (κ3) is 4.71. The van der Waals surface area contributed by atoms with Crippen LogP contribution in [0.15, 0.2) is 34.8 Å². The average molecular weight is 312 g/mol. The van der Waals surface area contributed by atoms with Gasteiger partial charge in [0.2, 0.25) is 5.91 Å². The molecule has 0 unspecified atom stereocenters. The highest BCUT2D eigenvalue weighted by atomic mass is 79.9. The number of carbonyl (C=O) groups excluding carboxylic acids is 2. The molecule has 4 nitrogen and oxygen atoms in total. The lowest BCUT2D eigenvalue weighted by Crippen LogP contribution is -2.31. The summed E-state index contributed by atoms with van der Waals surface area (Å²) >= 11 is 3.35. The normalized spacial score (nSPS) is 10.4. The Morgan fingerprint density at radius 1 is 1.44 bits per heavy atom. The minimum atomic E-state index is -0.443. The van der Waals surface area contributed by atoms with Crippen molar-refractivity contribution >= 4 is 33.9 Å². The first-order valence-corrected chi connectivity index (χ1v) is 6.08. The van der Waals surface area contributed by atoms with E-state index in [1.807, 2.05) is 24.3 Å². The lowest BCUT2D eigenvalue weighted by Gasteiger charge is -2.12. The van der Waals surface area contributed by atoms with Crippen LogP contribution in [0.25, 0.3) is 6.08 Å². The van der Waals surface area contributed by atoms with Crippen LogP contribution in [0, 0.1) is 0 Å². The molecule has 0 N–H and O–H groups in total. The first kappa shape index (κ1) is 14.4. The number of methoxy groups -OCH3 is 1. The van der Waals surface area contributed by atoms with Crippen molar-refractivity contribution in [2.75, 3.05) is 20.7 Å². The van der Waals surface area contributed by atoms with Crippen LogP contribution >= 0.6 is 15.9 Å². The van der Waals surface area contributed by atoms with Crippen molar-refractivity contribution in [2.24, 2.45) is 0 Å². The molecule has 96 valence electrons. The third-order valence-corrected chi connectivity index (χ3v) is 2.73. The quantitative estimate of drug-likeness (QED) is 0.632. The van der Waals surface area contributed by atoms with Gasteiger partial charge in [0.05, 0.1) is 7.11 Å². The minimum Gasteiger partial charge on any atom is -0.468 e. The maximum atomic E-state index is 11.7. The first-order valence-electron chi connectivity index (χ1n) is 5.28. The molecule has 1 aromatic carbocycles. The molecule has 0 aliphatic rings. The van der Waals surface area contributed by atoms with Gasteiger partial charge in [0.15, 0.2) is 0 Å². The Bertz CT molecular complexity index is 471. The van der Waals surface area contributed by atoms with Crippen LogP contribution in [0.2, 0.25) is 0 Å². The molecule has 0 saturated heterocycles. The van der Waals surface area contributed by atoms with Crippen LogP contribution in [0.1, 0.15) is 5.56 Å². The van der Waals surface area contributed by atoms with Crippen molar-refractivity contribution in [3.8, 4) is 0 Å². The maximum absolute atomic E-state index is 11.7. The Hall–Kier alpha value is -1.62. The fourth-order valence-corrected chi connectivity index (χ4v) is 1.66. The number of likely N-dealkylation sites (N-methyl/N-ethyl adjacent to an activating group) is 1. The molecule has 1 aromatic rings. The Morgan fingerprint density at radius 2 is 2.17 bits per heavy atom. The van der Waals surface area contributed by atoms with Gasteiger partial charge in [-0.25, -0.2) is 0 Å². The van der Waals surface area contributed by atoms with Crippen molar-refractivity contribution < 1.29 is 14.3 Å². The van der Waals surface area contributed by atoms with Crippen LogP contribution in [0.3, 0.4) is 0 Å². The highest BCUT2D eigenvalue weighted by Gasteiger charge is 2.09. The van der Waals surface area contributed by atoms with E-state index in [0.717, 1.165) is 10.0 Å². The second-order valence-electron chi connectivity index (χ2n) is 3.66. The van der Waals surface area contributed by atoms with E-state index in [-0.39, 0.29) is 12.5 Å². The van der Waals surface area contributed by atoms with Crippen molar-refractivity contribution in [1.29, 1.82) is 0 Å². The molecule has 0 fully saturated rings. The van der Waals surface area contributed by atoms with Gasteiger partial charge in [0, 0.05) is 17.6 Å². The first-order chi connectivity index (χ1) is 8.52. The predicted octanol–water partition coefficient (Wildman–Crippen LogP) is 2.09. The van der Waals surface area contributed by atoms with Gasteiger partial charge in [-0.05, 0) is 23.8 Å². The van der Waals surface area contributed by atoms with Gasteiger partial charge in [-0.1, -0.05) is 28.1 Å². The number of amides is 1. The van der Waals surface area contributed by atoms with Crippen LogP contribution in [-0.4, -0.2) is 37.5 Å². The van der Waals surface area contributed by atoms with Crippen LogP contribution < -0.4 is 0 Å². The largest absolute Gasteiger partial charge is 0.468 e. The molecule has 0 aliphatic heterocycles. The van der Waals surface area contributed by atoms with E-state index in [2.05, 4.69) is 20.7 Å². The monoisotopic (exact) mass is 311 g/mol. The van der Waals surface area contributed by atoms with Crippen LogP contribution in [-0.2, 0) is 14.3 Å². The summed E-state index contributed by atoms with van der Waals surface area (Å²) in [4.78, 5) is 24.0. The fourth-order valence-electron chi connectivity index (χ4n) is 1.24.